The molecule has 0 unspecified atom stereocenters. The summed E-state index contributed by atoms with van der Waals surface area (Å²) in [4.78, 5) is 15.4. The van der Waals surface area contributed by atoms with Crippen molar-refractivity contribution in [2.45, 2.75) is 45.7 Å². The lowest BCUT2D eigenvalue weighted by atomic mass is 10.0. The molecule has 0 bridgehead atoms. The number of nitriles is 1. The molecule has 0 aromatic carbocycles. The minimum atomic E-state index is -0.0113. The van der Waals surface area contributed by atoms with Crippen LogP contribution in [0.4, 0.5) is 0 Å². The first-order valence-electron chi connectivity index (χ1n) is 7.89. The molecular formula is C17H20N4OS. The third kappa shape index (κ3) is 3.15. The second-order valence-corrected chi connectivity index (χ2v) is 6.95. The third-order valence-corrected chi connectivity index (χ3v) is 5.26. The topological polar surface area (TPSA) is 61.9 Å². The maximum atomic E-state index is 12.9. The van der Waals surface area contributed by atoms with E-state index >= 15 is 0 Å². The van der Waals surface area contributed by atoms with Crippen LogP contribution in [0.3, 0.4) is 0 Å². The Morgan fingerprint density at radius 3 is 3.00 bits per heavy atom. The van der Waals surface area contributed by atoms with E-state index in [2.05, 4.69) is 17.2 Å². The van der Waals surface area contributed by atoms with E-state index < -0.39 is 0 Å². The van der Waals surface area contributed by atoms with Crippen LogP contribution < -0.4 is 0 Å². The summed E-state index contributed by atoms with van der Waals surface area (Å²) >= 11 is 1.36. The number of hydrogen-bond acceptors (Lipinski definition) is 4. The molecule has 3 heterocycles. The van der Waals surface area contributed by atoms with Crippen molar-refractivity contribution in [2.24, 2.45) is 0 Å². The standard InChI is InChI=1S/C17H20N4OS/c1-12-9-13(2)21(19-12)11-15-5-3-4-7-20(15)17(22)16-14(10-18)6-8-23-16/h6,8-9,15H,3-5,7,11H2,1-2H3/t15-/m1/s1. The maximum absolute atomic E-state index is 12.9. The monoisotopic (exact) mass is 328 g/mol. The summed E-state index contributed by atoms with van der Waals surface area (Å²) in [6.07, 6.45) is 3.13. The Bertz CT molecular complexity index is 755. The number of carbonyl (C=O) groups excluding carboxylic acids is 1. The zero-order valence-electron chi connectivity index (χ0n) is 13.5. The summed E-state index contributed by atoms with van der Waals surface area (Å²) < 4.78 is 1.99. The number of nitrogens with zero attached hydrogens (tertiary/aromatic N) is 4. The van der Waals surface area contributed by atoms with Crippen LogP contribution in [0.5, 0.6) is 0 Å². The van der Waals surface area contributed by atoms with Gasteiger partial charge in [-0.05, 0) is 50.6 Å². The molecule has 1 aliphatic heterocycles. The summed E-state index contributed by atoms with van der Waals surface area (Å²) in [7, 11) is 0. The minimum Gasteiger partial charge on any atom is -0.333 e. The van der Waals surface area contributed by atoms with Gasteiger partial charge in [-0.2, -0.15) is 10.4 Å². The Balaban J connectivity index is 1.83. The average molecular weight is 328 g/mol. The zero-order chi connectivity index (χ0) is 16.4. The molecule has 0 aliphatic carbocycles. The molecule has 1 amide bonds. The van der Waals surface area contributed by atoms with Gasteiger partial charge in [-0.1, -0.05) is 0 Å². The molecular weight excluding hydrogens is 308 g/mol. The Morgan fingerprint density at radius 2 is 2.30 bits per heavy atom. The van der Waals surface area contributed by atoms with Gasteiger partial charge in [0.15, 0.2) is 0 Å². The molecule has 0 spiro atoms. The SMILES string of the molecule is Cc1cc(C)n(C[C@H]2CCCCN2C(=O)c2sccc2C#N)n1. The molecule has 1 atom stereocenters. The van der Waals surface area contributed by atoms with Crippen LogP contribution in [-0.4, -0.2) is 33.2 Å². The van der Waals surface area contributed by atoms with Gasteiger partial charge in [0.1, 0.15) is 10.9 Å². The molecule has 6 heteroatoms. The lowest BCUT2D eigenvalue weighted by Gasteiger charge is -2.35. The molecule has 0 radical (unpaired) electrons. The van der Waals surface area contributed by atoms with E-state index in [-0.39, 0.29) is 11.9 Å². The van der Waals surface area contributed by atoms with E-state index in [9.17, 15) is 4.79 Å². The molecule has 2 aromatic rings. The number of aryl methyl sites for hydroxylation is 2. The van der Waals surface area contributed by atoms with Crippen LogP contribution in [0, 0.1) is 25.2 Å². The number of likely N-dealkylation sites (tertiary alicyclic amines) is 1. The highest BCUT2D eigenvalue weighted by Crippen LogP contribution is 2.25. The molecule has 0 saturated carbocycles. The van der Waals surface area contributed by atoms with E-state index in [1.165, 1.54) is 11.3 Å². The normalized spacial score (nSPS) is 18.0. The highest BCUT2D eigenvalue weighted by molar-refractivity contribution is 7.12. The van der Waals surface area contributed by atoms with Crippen LogP contribution in [-0.2, 0) is 6.54 Å². The summed E-state index contributed by atoms with van der Waals surface area (Å²) in [6.45, 7) is 5.50. The van der Waals surface area contributed by atoms with Crippen molar-refractivity contribution in [2.75, 3.05) is 6.54 Å². The summed E-state index contributed by atoms with van der Waals surface area (Å²) in [6, 6.07) is 6.04. The van der Waals surface area contributed by atoms with E-state index in [1.807, 2.05) is 28.8 Å². The molecule has 5 nitrogen and oxygen atoms in total. The molecule has 0 N–H and O–H groups in total. The molecule has 120 valence electrons. The van der Waals surface area contributed by atoms with Crippen molar-refractivity contribution in [1.82, 2.24) is 14.7 Å². The van der Waals surface area contributed by atoms with E-state index in [4.69, 9.17) is 5.26 Å². The number of rotatable bonds is 3. The molecule has 1 aliphatic rings. The van der Waals surface area contributed by atoms with Gasteiger partial charge in [0.25, 0.3) is 5.91 Å². The second-order valence-electron chi connectivity index (χ2n) is 6.03. The van der Waals surface area contributed by atoms with Crippen LogP contribution in [0.2, 0.25) is 0 Å². The molecule has 3 rings (SSSR count). The van der Waals surface area contributed by atoms with Gasteiger partial charge in [0.2, 0.25) is 0 Å². The van der Waals surface area contributed by atoms with Crippen molar-refractivity contribution >= 4 is 17.2 Å². The predicted molar refractivity (Wildman–Crippen MR) is 89.4 cm³/mol. The van der Waals surface area contributed by atoms with E-state index in [0.717, 1.165) is 43.7 Å². The van der Waals surface area contributed by atoms with Crippen LogP contribution in [0.1, 0.15) is 45.9 Å². The van der Waals surface area contributed by atoms with Crippen molar-refractivity contribution in [3.63, 3.8) is 0 Å². The highest BCUT2D eigenvalue weighted by Gasteiger charge is 2.30. The van der Waals surface area contributed by atoms with E-state index in [1.54, 1.807) is 6.07 Å². The number of amides is 1. The van der Waals surface area contributed by atoms with Crippen molar-refractivity contribution in [1.29, 1.82) is 5.26 Å². The number of carbonyl (C=O) groups is 1. The Hall–Kier alpha value is -2.13. The first-order valence-corrected chi connectivity index (χ1v) is 8.77. The van der Waals surface area contributed by atoms with Crippen molar-refractivity contribution in [3.8, 4) is 6.07 Å². The molecule has 1 fully saturated rings. The van der Waals surface area contributed by atoms with Gasteiger partial charge in [-0.25, -0.2) is 0 Å². The predicted octanol–water partition coefficient (Wildman–Crippen LogP) is 3.13. The largest absolute Gasteiger partial charge is 0.333 e. The first kappa shape index (κ1) is 15.8. The molecule has 1 saturated heterocycles. The zero-order valence-corrected chi connectivity index (χ0v) is 14.3. The van der Waals surface area contributed by atoms with Gasteiger partial charge in [-0.15, -0.1) is 11.3 Å². The van der Waals surface area contributed by atoms with Crippen LogP contribution >= 0.6 is 11.3 Å². The number of hydrogen-bond donors (Lipinski definition) is 0. The van der Waals surface area contributed by atoms with Crippen LogP contribution in [0.15, 0.2) is 17.5 Å². The first-order chi connectivity index (χ1) is 11.1. The van der Waals surface area contributed by atoms with E-state index in [0.29, 0.717) is 10.4 Å². The van der Waals surface area contributed by atoms with Crippen LogP contribution in [0.25, 0.3) is 0 Å². The lowest BCUT2D eigenvalue weighted by molar-refractivity contribution is 0.0587. The second kappa shape index (κ2) is 6.55. The summed E-state index contributed by atoms with van der Waals surface area (Å²) in [5.74, 6) is -0.0113. The minimum absolute atomic E-state index is 0.0113. The smallest absolute Gasteiger partial charge is 0.265 e. The number of thiophene rings is 1. The Morgan fingerprint density at radius 1 is 1.48 bits per heavy atom. The van der Waals surface area contributed by atoms with Gasteiger partial charge in [0, 0.05) is 12.2 Å². The quantitative estimate of drug-likeness (QED) is 0.869. The van der Waals surface area contributed by atoms with Crippen molar-refractivity contribution in [3.05, 3.63) is 39.3 Å². The number of piperidine rings is 1. The third-order valence-electron chi connectivity index (χ3n) is 4.35. The average Bonchev–Trinajstić information content (AvgIpc) is 3.13. The molecule has 2 aromatic heterocycles. The van der Waals surface area contributed by atoms with Gasteiger partial charge in [-0.3, -0.25) is 9.48 Å². The van der Waals surface area contributed by atoms with Gasteiger partial charge in [0.05, 0.1) is 23.8 Å². The Labute approximate surface area is 140 Å². The fraction of sp³-hybridized carbons (Fsp3) is 0.471. The Kier molecular flexibility index (Phi) is 4.49. The lowest BCUT2D eigenvalue weighted by Crippen LogP contribution is -2.46. The fourth-order valence-electron chi connectivity index (χ4n) is 3.21. The van der Waals surface area contributed by atoms with Gasteiger partial charge >= 0.3 is 0 Å². The maximum Gasteiger partial charge on any atom is 0.265 e. The fourth-order valence-corrected chi connectivity index (χ4v) is 4.01. The highest BCUT2D eigenvalue weighted by atomic mass is 32.1. The number of aromatic nitrogens is 2. The van der Waals surface area contributed by atoms with Gasteiger partial charge < -0.3 is 4.90 Å². The summed E-state index contributed by atoms with van der Waals surface area (Å²) in [5.41, 5.74) is 2.60. The van der Waals surface area contributed by atoms with Crippen molar-refractivity contribution < 1.29 is 4.79 Å². The molecule has 23 heavy (non-hydrogen) atoms. The summed E-state index contributed by atoms with van der Waals surface area (Å²) in [5, 5.41) is 15.5.